The molecule has 1 aromatic carbocycles. The van der Waals surface area contributed by atoms with E-state index in [1.807, 2.05) is 27.7 Å². The third-order valence-corrected chi connectivity index (χ3v) is 6.23. The monoisotopic (exact) mass is 528 g/mol. The molecule has 4 N–H and O–H groups in total. The lowest BCUT2D eigenvalue weighted by molar-refractivity contribution is -0.894. The van der Waals surface area contributed by atoms with E-state index in [2.05, 4.69) is 0 Å². The molecule has 1 rings (SSSR count). The SMILES string of the molecule is CC[NH+](CC)CCS(=O)(=O)O.CC[NH+](CC)CCS(=O)(=O)O.O=C([O-])c1ccccc1C(=O)[O-]. The van der Waals surface area contributed by atoms with Gasteiger partial charge in [0.2, 0.25) is 0 Å². The number of benzene rings is 1. The lowest BCUT2D eigenvalue weighted by Gasteiger charge is -2.13. The number of carbonyl (C=O) groups excluding carboxylic acids is 2. The molecule has 198 valence electrons. The highest BCUT2D eigenvalue weighted by molar-refractivity contribution is 7.86. The lowest BCUT2D eigenvalue weighted by Crippen LogP contribution is -3.12. The standard InChI is InChI=1S/C8H6O4.2C6H15NO3S/c9-7(10)5-3-1-2-4-6(5)8(11)12;2*1-3-7(4-2)5-6-11(8,9)10/h1-4H,(H,9,10)(H,11,12);2*3-6H2,1-2H3,(H,8,9,10). The second-order valence-corrected chi connectivity index (χ2v) is 10.3. The third kappa shape index (κ3) is 18.3. The average molecular weight is 529 g/mol. The maximum atomic E-state index is 10.3. The van der Waals surface area contributed by atoms with Crippen molar-refractivity contribution in [3.05, 3.63) is 35.4 Å². The van der Waals surface area contributed by atoms with E-state index in [-0.39, 0.29) is 22.6 Å². The van der Waals surface area contributed by atoms with Crippen LogP contribution < -0.4 is 20.0 Å². The first-order valence-electron chi connectivity index (χ1n) is 10.7. The Morgan fingerprint density at radius 2 is 0.971 bits per heavy atom. The van der Waals surface area contributed by atoms with Crippen LogP contribution in [0.25, 0.3) is 0 Å². The molecular formula is C20H36N2O10S2. The number of rotatable bonds is 12. The van der Waals surface area contributed by atoms with Gasteiger partial charge in [0.25, 0.3) is 20.2 Å². The molecule has 0 bridgehead atoms. The summed E-state index contributed by atoms with van der Waals surface area (Å²) in [6.45, 7) is 12.5. The van der Waals surface area contributed by atoms with Crippen molar-refractivity contribution in [2.75, 3.05) is 50.8 Å². The number of nitrogens with one attached hydrogen (secondary N) is 2. The Balaban J connectivity index is 0. The molecule has 0 fully saturated rings. The minimum Gasteiger partial charge on any atom is -0.545 e. The molecule has 0 saturated heterocycles. The molecule has 0 aliphatic heterocycles. The number of carboxylic acids is 2. The summed E-state index contributed by atoms with van der Waals surface area (Å²) in [4.78, 5) is 23.0. The summed E-state index contributed by atoms with van der Waals surface area (Å²) in [5.41, 5.74) is -0.727. The van der Waals surface area contributed by atoms with Gasteiger partial charge in [-0.05, 0) is 27.7 Å². The number of carboxylic acid groups (broad SMARTS) is 2. The zero-order valence-corrected chi connectivity index (χ0v) is 21.6. The van der Waals surface area contributed by atoms with Crippen LogP contribution in [0.5, 0.6) is 0 Å². The van der Waals surface area contributed by atoms with Gasteiger partial charge in [0, 0.05) is 11.1 Å². The first-order valence-corrected chi connectivity index (χ1v) is 13.9. The molecule has 0 spiro atoms. The van der Waals surface area contributed by atoms with E-state index in [1.165, 1.54) is 21.9 Å². The summed E-state index contributed by atoms with van der Waals surface area (Å²) < 4.78 is 58.1. The van der Waals surface area contributed by atoms with Gasteiger partial charge in [-0.15, -0.1) is 0 Å². The predicted octanol–water partition coefficient (Wildman–Crippen LogP) is -3.99. The van der Waals surface area contributed by atoms with Gasteiger partial charge in [-0.2, -0.15) is 16.8 Å². The highest BCUT2D eigenvalue weighted by Gasteiger charge is 2.10. The molecule has 12 nitrogen and oxygen atoms in total. The Morgan fingerprint density at radius 1 is 0.706 bits per heavy atom. The molecule has 0 unspecified atom stereocenters. The van der Waals surface area contributed by atoms with Crippen molar-refractivity contribution >= 4 is 32.2 Å². The fraction of sp³-hybridized carbons (Fsp3) is 0.600. The molecule has 0 aliphatic carbocycles. The zero-order chi connectivity index (χ0) is 26.9. The lowest BCUT2D eigenvalue weighted by atomic mass is 10.1. The molecule has 0 aliphatic rings. The molecule has 1 aromatic rings. The van der Waals surface area contributed by atoms with Crippen LogP contribution in [0.3, 0.4) is 0 Å². The molecule has 0 heterocycles. The summed E-state index contributed by atoms with van der Waals surface area (Å²) in [5.74, 6) is -3.31. The molecule has 14 heteroatoms. The summed E-state index contributed by atoms with van der Waals surface area (Å²) >= 11 is 0. The van der Waals surface area contributed by atoms with Gasteiger partial charge < -0.3 is 29.6 Å². The van der Waals surface area contributed by atoms with Gasteiger partial charge in [-0.25, -0.2) is 0 Å². The van der Waals surface area contributed by atoms with Crippen molar-refractivity contribution < 1.29 is 55.5 Å². The number of quaternary nitrogens is 2. The van der Waals surface area contributed by atoms with E-state index in [0.717, 1.165) is 38.3 Å². The molecule has 0 amide bonds. The fourth-order valence-electron chi connectivity index (χ4n) is 2.59. The first-order chi connectivity index (χ1) is 15.6. The first kappa shape index (κ1) is 34.1. The number of hydrogen-bond donors (Lipinski definition) is 4. The van der Waals surface area contributed by atoms with Crippen molar-refractivity contribution in [2.45, 2.75) is 27.7 Å². The smallest absolute Gasteiger partial charge is 0.270 e. The molecule has 34 heavy (non-hydrogen) atoms. The van der Waals surface area contributed by atoms with Crippen LogP contribution in [0, 0.1) is 0 Å². The van der Waals surface area contributed by atoms with Gasteiger partial charge >= 0.3 is 0 Å². The Bertz CT molecular complexity index is 865. The second kappa shape index (κ2) is 17.4. The van der Waals surface area contributed by atoms with Gasteiger partial charge in [0.1, 0.15) is 11.5 Å². The molecule has 0 atom stereocenters. The van der Waals surface area contributed by atoms with Crippen LogP contribution in [0.15, 0.2) is 24.3 Å². The van der Waals surface area contributed by atoms with Gasteiger partial charge in [-0.1, -0.05) is 24.3 Å². The second-order valence-electron chi connectivity index (χ2n) is 7.11. The van der Waals surface area contributed by atoms with Crippen molar-refractivity contribution in [2.24, 2.45) is 0 Å². The number of aromatic carboxylic acids is 2. The van der Waals surface area contributed by atoms with Crippen molar-refractivity contribution in [1.29, 1.82) is 0 Å². The Hall–Kier alpha value is -2.10. The summed E-state index contributed by atoms with van der Waals surface area (Å²) in [7, 11) is -7.52. The van der Waals surface area contributed by atoms with Crippen LogP contribution in [0.4, 0.5) is 0 Å². The molecule has 0 aromatic heterocycles. The highest BCUT2D eigenvalue weighted by Crippen LogP contribution is 2.05. The van der Waals surface area contributed by atoms with Crippen LogP contribution in [0.1, 0.15) is 48.4 Å². The van der Waals surface area contributed by atoms with E-state index in [4.69, 9.17) is 9.11 Å². The quantitative estimate of drug-likeness (QED) is 0.194. The van der Waals surface area contributed by atoms with Crippen molar-refractivity contribution in [3.63, 3.8) is 0 Å². The number of hydrogen-bond acceptors (Lipinski definition) is 8. The van der Waals surface area contributed by atoms with Crippen LogP contribution >= 0.6 is 0 Å². The van der Waals surface area contributed by atoms with Crippen LogP contribution in [-0.4, -0.2) is 88.7 Å². The Labute approximate surface area is 201 Å². The van der Waals surface area contributed by atoms with Crippen molar-refractivity contribution in [1.82, 2.24) is 0 Å². The minimum absolute atomic E-state index is 0.135. The van der Waals surface area contributed by atoms with E-state index >= 15 is 0 Å². The summed E-state index contributed by atoms with van der Waals surface area (Å²) in [5, 5.41) is 20.6. The van der Waals surface area contributed by atoms with Crippen molar-refractivity contribution in [3.8, 4) is 0 Å². The maximum absolute atomic E-state index is 10.3. The van der Waals surface area contributed by atoms with E-state index in [9.17, 15) is 36.6 Å². The van der Waals surface area contributed by atoms with Gasteiger partial charge in [-0.3, -0.25) is 9.11 Å². The molecule has 0 saturated carbocycles. The van der Waals surface area contributed by atoms with E-state index in [0.29, 0.717) is 13.1 Å². The predicted molar refractivity (Wildman–Crippen MR) is 122 cm³/mol. The zero-order valence-electron chi connectivity index (χ0n) is 19.9. The van der Waals surface area contributed by atoms with Crippen LogP contribution in [-0.2, 0) is 20.2 Å². The van der Waals surface area contributed by atoms with E-state index in [1.54, 1.807) is 0 Å². The van der Waals surface area contributed by atoms with Gasteiger partial charge in [0.05, 0.1) is 51.2 Å². The molecular weight excluding hydrogens is 492 g/mol. The molecule has 0 radical (unpaired) electrons. The number of carbonyl (C=O) groups is 2. The van der Waals surface area contributed by atoms with Crippen LogP contribution in [0.2, 0.25) is 0 Å². The Morgan fingerprint density at radius 3 is 1.15 bits per heavy atom. The topological polar surface area (TPSA) is 198 Å². The highest BCUT2D eigenvalue weighted by atomic mass is 32.2. The van der Waals surface area contributed by atoms with Gasteiger partial charge in [0.15, 0.2) is 0 Å². The normalized spacial score (nSPS) is 11.3. The maximum Gasteiger partial charge on any atom is 0.270 e. The fourth-order valence-corrected chi connectivity index (χ4v) is 3.69. The third-order valence-electron chi connectivity index (χ3n) is 4.79. The Kier molecular flexibility index (Phi) is 17.4. The minimum atomic E-state index is -3.76. The summed E-state index contributed by atoms with van der Waals surface area (Å²) in [6.07, 6.45) is 0. The largest absolute Gasteiger partial charge is 0.545 e. The summed E-state index contributed by atoms with van der Waals surface area (Å²) in [6, 6.07) is 5.14. The average Bonchev–Trinajstić information content (AvgIpc) is 2.74. The van der Waals surface area contributed by atoms with E-state index < -0.39 is 32.2 Å².